The summed E-state index contributed by atoms with van der Waals surface area (Å²) < 4.78 is 5.49. The number of benzene rings is 1. The third-order valence-corrected chi connectivity index (χ3v) is 3.94. The van der Waals surface area contributed by atoms with Crippen LogP contribution in [-0.4, -0.2) is 36.4 Å². The molecule has 0 spiro atoms. The van der Waals surface area contributed by atoms with Gasteiger partial charge in [0.1, 0.15) is 0 Å². The number of aliphatic hydroxyl groups excluding tert-OH is 1. The Bertz CT molecular complexity index is 517. The van der Waals surface area contributed by atoms with Crippen LogP contribution >= 0.6 is 0 Å². The molecule has 22 heavy (non-hydrogen) atoms. The Labute approximate surface area is 131 Å². The molecule has 5 heteroatoms. The molecule has 1 aromatic carbocycles. The number of nitrogens with one attached hydrogen (secondary N) is 1. The molecule has 4 N–H and O–H groups in total. The fourth-order valence-electron chi connectivity index (χ4n) is 2.87. The highest BCUT2D eigenvalue weighted by molar-refractivity contribution is 5.84. The smallest absolute Gasteiger partial charge is 0.227 e. The van der Waals surface area contributed by atoms with Gasteiger partial charge in [0.25, 0.3) is 0 Å². The molecule has 0 radical (unpaired) electrons. The van der Waals surface area contributed by atoms with Gasteiger partial charge in [0.2, 0.25) is 5.91 Å². The SMILES string of the molecule is CC(C)OCCCNCc1ccc2c(c1)[C@@H](C(N)=O)[C@H](O)C2. The summed E-state index contributed by atoms with van der Waals surface area (Å²) >= 11 is 0. The van der Waals surface area contributed by atoms with Gasteiger partial charge in [-0.15, -0.1) is 0 Å². The zero-order valence-corrected chi connectivity index (χ0v) is 13.3. The van der Waals surface area contributed by atoms with E-state index in [1.807, 2.05) is 32.0 Å². The van der Waals surface area contributed by atoms with Gasteiger partial charge in [0, 0.05) is 13.2 Å². The van der Waals surface area contributed by atoms with Crippen molar-refractivity contribution in [2.24, 2.45) is 5.73 Å². The number of aliphatic hydroxyl groups is 1. The Morgan fingerprint density at radius 1 is 1.50 bits per heavy atom. The van der Waals surface area contributed by atoms with Crippen molar-refractivity contribution in [1.82, 2.24) is 5.32 Å². The number of nitrogens with two attached hydrogens (primary N) is 1. The standard InChI is InChI=1S/C17H26N2O3/c1-11(2)22-7-3-6-19-10-12-4-5-13-9-15(20)16(17(18)21)14(13)8-12/h4-5,8,11,15-16,19-20H,3,6-7,9-10H2,1-2H3,(H2,18,21)/t15-,16-/m1/s1. The van der Waals surface area contributed by atoms with Crippen LogP contribution in [-0.2, 0) is 22.5 Å². The molecule has 0 unspecified atom stereocenters. The number of ether oxygens (including phenoxy) is 1. The average molecular weight is 306 g/mol. The van der Waals surface area contributed by atoms with E-state index in [1.54, 1.807) is 0 Å². The van der Waals surface area contributed by atoms with E-state index in [1.165, 1.54) is 0 Å². The van der Waals surface area contributed by atoms with E-state index in [9.17, 15) is 9.90 Å². The van der Waals surface area contributed by atoms with Crippen molar-refractivity contribution in [3.63, 3.8) is 0 Å². The Morgan fingerprint density at radius 2 is 2.27 bits per heavy atom. The normalized spacial score (nSPS) is 20.4. The largest absolute Gasteiger partial charge is 0.392 e. The van der Waals surface area contributed by atoms with Crippen LogP contribution in [0.1, 0.15) is 42.9 Å². The van der Waals surface area contributed by atoms with E-state index >= 15 is 0 Å². The predicted molar refractivity (Wildman–Crippen MR) is 85.5 cm³/mol. The second-order valence-electron chi connectivity index (χ2n) is 6.13. The van der Waals surface area contributed by atoms with E-state index in [4.69, 9.17) is 10.5 Å². The summed E-state index contributed by atoms with van der Waals surface area (Å²) in [5.41, 5.74) is 8.40. The number of fused-ring (bicyclic) bond motifs is 1. The summed E-state index contributed by atoms with van der Waals surface area (Å²) in [7, 11) is 0. The Kier molecular flexibility index (Phi) is 5.94. The number of primary amides is 1. The van der Waals surface area contributed by atoms with Gasteiger partial charge in [-0.25, -0.2) is 0 Å². The van der Waals surface area contributed by atoms with Gasteiger partial charge in [-0.1, -0.05) is 18.2 Å². The van der Waals surface area contributed by atoms with Gasteiger partial charge in [-0.2, -0.15) is 0 Å². The van der Waals surface area contributed by atoms with Crippen molar-refractivity contribution in [2.75, 3.05) is 13.2 Å². The molecule has 0 fully saturated rings. The number of hydrogen-bond donors (Lipinski definition) is 3. The van der Waals surface area contributed by atoms with E-state index in [0.717, 1.165) is 42.8 Å². The molecule has 2 rings (SSSR count). The lowest BCUT2D eigenvalue weighted by Crippen LogP contribution is -2.28. The molecule has 0 bridgehead atoms. The molecule has 5 nitrogen and oxygen atoms in total. The van der Waals surface area contributed by atoms with Gasteiger partial charge < -0.3 is 20.9 Å². The quantitative estimate of drug-likeness (QED) is 0.627. The lowest BCUT2D eigenvalue weighted by Gasteiger charge is -2.12. The fraction of sp³-hybridized carbons (Fsp3) is 0.588. The van der Waals surface area contributed by atoms with Crippen LogP contribution in [0.25, 0.3) is 0 Å². The fourth-order valence-corrected chi connectivity index (χ4v) is 2.87. The van der Waals surface area contributed by atoms with Gasteiger partial charge in [0.05, 0.1) is 18.1 Å². The molecule has 1 aromatic rings. The molecule has 0 saturated carbocycles. The molecular weight excluding hydrogens is 280 g/mol. The Balaban J connectivity index is 1.85. The maximum absolute atomic E-state index is 11.5. The van der Waals surface area contributed by atoms with Crippen LogP contribution in [0.5, 0.6) is 0 Å². The first-order valence-electron chi connectivity index (χ1n) is 7.90. The summed E-state index contributed by atoms with van der Waals surface area (Å²) in [6, 6.07) is 6.01. The van der Waals surface area contributed by atoms with Crippen molar-refractivity contribution < 1.29 is 14.6 Å². The molecule has 1 aliphatic carbocycles. The lowest BCUT2D eigenvalue weighted by molar-refractivity contribution is -0.121. The van der Waals surface area contributed by atoms with Crippen molar-refractivity contribution >= 4 is 5.91 Å². The Morgan fingerprint density at radius 3 is 2.95 bits per heavy atom. The second-order valence-corrected chi connectivity index (χ2v) is 6.13. The first kappa shape index (κ1) is 16.9. The van der Waals surface area contributed by atoms with Crippen molar-refractivity contribution in [3.8, 4) is 0 Å². The number of amides is 1. The third kappa shape index (κ3) is 4.29. The van der Waals surface area contributed by atoms with Gasteiger partial charge in [0.15, 0.2) is 0 Å². The van der Waals surface area contributed by atoms with E-state index in [0.29, 0.717) is 6.42 Å². The van der Waals surface area contributed by atoms with Crippen LogP contribution in [0, 0.1) is 0 Å². The molecule has 122 valence electrons. The van der Waals surface area contributed by atoms with Gasteiger partial charge >= 0.3 is 0 Å². The first-order chi connectivity index (χ1) is 10.5. The molecule has 1 amide bonds. The molecule has 2 atom stereocenters. The molecule has 0 aromatic heterocycles. The summed E-state index contributed by atoms with van der Waals surface area (Å²) in [6.45, 7) is 6.43. The zero-order valence-electron chi connectivity index (χ0n) is 13.3. The molecule has 0 saturated heterocycles. The highest BCUT2D eigenvalue weighted by atomic mass is 16.5. The van der Waals surface area contributed by atoms with Crippen LogP contribution in [0.4, 0.5) is 0 Å². The number of rotatable bonds is 8. The average Bonchev–Trinajstić information content (AvgIpc) is 2.77. The zero-order chi connectivity index (χ0) is 16.1. The van der Waals surface area contributed by atoms with Crippen LogP contribution in [0.2, 0.25) is 0 Å². The van der Waals surface area contributed by atoms with Crippen LogP contribution < -0.4 is 11.1 Å². The van der Waals surface area contributed by atoms with Gasteiger partial charge in [-0.3, -0.25) is 4.79 Å². The third-order valence-electron chi connectivity index (χ3n) is 3.94. The van der Waals surface area contributed by atoms with Crippen molar-refractivity contribution in [1.29, 1.82) is 0 Å². The molecular formula is C17H26N2O3. The maximum Gasteiger partial charge on any atom is 0.227 e. The monoisotopic (exact) mass is 306 g/mol. The highest BCUT2D eigenvalue weighted by Crippen LogP contribution is 2.33. The summed E-state index contributed by atoms with van der Waals surface area (Å²) in [5.74, 6) is -1.03. The van der Waals surface area contributed by atoms with Crippen LogP contribution in [0.15, 0.2) is 18.2 Å². The van der Waals surface area contributed by atoms with Gasteiger partial charge in [-0.05, 0) is 49.9 Å². The van der Waals surface area contributed by atoms with Crippen molar-refractivity contribution in [3.05, 3.63) is 34.9 Å². The number of hydrogen-bond acceptors (Lipinski definition) is 4. The summed E-state index contributed by atoms with van der Waals surface area (Å²) in [5, 5.41) is 13.3. The molecule has 0 heterocycles. The minimum atomic E-state index is -0.691. The molecule has 1 aliphatic rings. The van der Waals surface area contributed by atoms with E-state index in [2.05, 4.69) is 5.32 Å². The first-order valence-corrected chi connectivity index (χ1v) is 7.90. The number of carbonyl (C=O) groups is 1. The minimum absolute atomic E-state index is 0.272. The Hall–Kier alpha value is -1.43. The van der Waals surface area contributed by atoms with E-state index < -0.39 is 17.9 Å². The second kappa shape index (κ2) is 7.72. The maximum atomic E-state index is 11.5. The van der Waals surface area contributed by atoms with Crippen LogP contribution in [0.3, 0.4) is 0 Å². The number of carbonyl (C=O) groups excluding carboxylic acids is 1. The summed E-state index contributed by atoms with van der Waals surface area (Å²) in [4.78, 5) is 11.5. The lowest BCUT2D eigenvalue weighted by atomic mass is 9.97. The topological polar surface area (TPSA) is 84.6 Å². The minimum Gasteiger partial charge on any atom is -0.392 e. The van der Waals surface area contributed by atoms with Crippen molar-refractivity contribution in [2.45, 2.75) is 51.4 Å². The summed E-state index contributed by atoms with van der Waals surface area (Å²) in [6.07, 6.45) is 1.05. The predicted octanol–water partition coefficient (Wildman–Crippen LogP) is 1.08. The molecule has 0 aliphatic heterocycles. The van der Waals surface area contributed by atoms with E-state index in [-0.39, 0.29) is 6.10 Å². The highest BCUT2D eigenvalue weighted by Gasteiger charge is 2.35.